The second-order valence-electron chi connectivity index (χ2n) is 18.7. The van der Waals surface area contributed by atoms with Crippen LogP contribution < -0.4 is 5.32 Å². The average molecular weight is 708 g/mol. The van der Waals surface area contributed by atoms with Crippen LogP contribution in [-0.2, 0) is 9.84 Å². The summed E-state index contributed by atoms with van der Waals surface area (Å²) >= 11 is 0. The highest BCUT2D eigenvalue weighted by Gasteiger charge is 2.70. The van der Waals surface area contributed by atoms with Gasteiger partial charge in [0.15, 0.2) is 9.84 Å². The van der Waals surface area contributed by atoms with Gasteiger partial charge in [0.25, 0.3) is 0 Å². The number of hydrogen-bond donors (Lipinski definition) is 2. The minimum atomic E-state index is -2.89. The van der Waals surface area contributed by atoms with Gasteiger partial charge in [-0.05, 0) is 139 Å². The molecule has 0 bridgehead atoms. The molecule has 1 unspecified atom stereocenters. The van der Waals surface area contributed by atoms with Crippen molar-refractivity contribution < 1.29 is 18.3 Å². The number of aromatic carboxylic acids is 1. The first kappa shape index (κ1) is 36.3. The maximum Gasteiger partial charge on any atom is 0.335 e. The number of allylic oxidation sites excluding steroid dienone is 2. The van der Waals surface area contributed by atoms with Gasteiger partial charge in [0, 0.05) is 31.7 Å². The van der Waals surface area contributed by atoms with Gasteiger partial charge in [-0.25, -0.2) is 13.2 Å². The van der Waals surface area contributed by atoms with E-state index in [4.69, 9.17) is 0 Å². The van der Waals surface area contributed by atoms with Gasteiger partial charge in [-0.3, -0.25) is 0 Å². The lowest BCUT2D eigenvalue weighted by Crippen LogP contribution is -2.68. The molecule has 5 fully saturated rings. The van der Waals surface area contributed by atoms with E-state index in [1.165, 1.54) is 37.7 Å². The lowest BCUT2D eigenvalue weighted by molar-refractivity contribution is -0.220. The molecule has 7 rings (SSSR count). The summed E-state index contributed by atoms with van der Waals surface area (Å²) < 4.78 is 24.0. The summed E-state index contributed by atoms with van der Waals surface area (Å²) in [7, 11) is -2.89. The van der Waals surface area contributed by atoms with Crippen LogP contribution in [0.5, 0.6) is 0 Å². The van der Waals surface area contributed by atoms with Gasteiger partial charge in [-0.15, -0.1) is 0 Å². The molecule has 0 aromatic heterocycles. The molecule has 9 heteroatoms. The largest absolute Gasteiger partial charge is 0.478 e. The lowest BCUT2D eigenvalue weighted by Gasteiger charge is -2.72. The van der Waals surface area contributed by atoms with Crippen molar-refractivity contribution in [1.29, 1.82) is 0 Å². The average Bonchev–Trinajstić information content (AvgIpc) is 3.45. The first-order valence-electron chi connectivity index (χ1n) is 19.6. The van der Waals surface area contributed by atoms with Gasteiger partial charge < -0.3 is 15.3 Å². The molecule has 8 nitrogen and oxygen atoms in total. The molecule has 2 N–H and O–H groups in total. The summed E-state index contributed by atoms with van der Waals surface area (Å²) in [5.74, 6) is 2.05. The summed E-state index contributed by atoms with van der Waals surface area (Å²) in [6.45, 7) is 17.8. The van der Waals surface area contributed by atoms with E-state index in [0.717, 1.165) is 44.3 Å². The van der Waals surface area contributed by atoms with Gasteiger partial charge in [-0.2, -0.15) is 4.91 Å². The highest BCUT2D eigenvalue weighted by Crippen LogP contribution is 2.76. The van der Waals surface area contributed by atoms with E-state index in [9.17, 15) is 23.2 Å². The zero-order valence-electron chi connectivity index (χ0n) is 31.3. The molecule has 6 aliphatic rings. The van der Waals surface area contributed by atoms with E-state index in [1.54, 1.807) is 12.1 Å². The van der Waals surface area contributed by atoms with Gasteiger partial charge in [0.05, 0.1) is 23.1 Å². The Morgan fingerprint density at radius 2 is 1.64 bits per heavy atom. The zero-order valence-corrected chi connectivity index (χ0v) is 32.2. The summed E-state index contributed by atoms with van der Waals surface area (Å²) in [6, 6.07) is 7.32. The number of carboxylic acid groups (broad SMARTS) is 1. The van der Waals surface area contributed by atoms with Crippen LogP contribution in [-0.4, -0.2) is 73.7 Å². The second-order valence-corrected chi connectivity index (χ2v) is 21.0. The number of nitrogens with zero attached hydrogens (tertiary/aromatic N) is 2. The first-order valence-corrected chi connectivity index (χ1v) is 21.4. The van der Waals surface area contributed by atoms with E-state index in [2.05, 4.69) is 63.0 Å². The number of rotatable bonds is 8. The molecule has 4 saturated carbocycles. The molecule has 50 heavy (non-hydrogen) atoms. The van der Waals surface area contributed by atoms with E-state index in [0.29, 0.717) is 48.2 Å². The Bertz CT molecular complexity index is 1630. The molecule has 0 radical (unpaired) electrons. The fourth-order valence-electron chi connectivity index (χ4n) is 13.9. The number of carboxylic acids is 1. The minimum absolute atomic E-state index is 0.0145. The molecule has 276 valence electrons. The SMILES string of the molecule is CC(N=O)[C@@H]1CC[C@]2(NCCN3CCS(=O)(=O)CC3)CC[C@]3(C)[C@H](CC[C@@H]4[C@@]5(C)CC=C(c6ccc(C(=O)O)cc6)C(C)(C)[C@@H]5CC[C@]43C)[C@@H]12. The van der Waals surface area contributed by atoms with Crippen LogP contribution in [0, 0.1) is 56.2 Å². The molecule has 1 aliphatic heterocycles. The molecule has 1 heterocycles. The van der Waals surface area contributed by atoms with Crippen LogP contribution in [0.25, 0.3) is 5.57 Å². The normalized spacial score (nSPS) is 42.6. The maximum absolute atomic E-state index is 12.2. The summed E-state index contributed by atoms with van der Waals surface area (Å²) in [5, 5.41) is 17.3. The highest BCUT2D eigenvalue weighted by atomic mass is 32.2. The molecule has 10 atom stereocenters. The molecule has 0 spiro atoms. The Morgan fingerprint density at radius 3 is 2.30 bits per heavy atom. The van der Waals surface area contributed by atoms with Crippen LogP contribution in [0.3, 0.4) is 0 Å². The van der Waals surface area contributed by atoms with Gasteiger partial charge in [0.2, 0.25) is 0 Å². The zero-order chi connectivity index (χ0) is 35.9. The smallest absolute Gasteiger partial charge is 0.335 e. The van der Waals surface area contributed by atoms with E-state index in [1.807, 2.05) is 12.1 Å². The predicted octanol–water partition coefficient (Wildman–Crippen LogP) is 7.69. The van der Waals surface area contributed by atoms with Crippen LogP contribution in [0.2, 0.25) is 0 Å². The third-order valence-electron chi connectivity index (χ3n) is 16.6. The van der Waals surface area contributed by atoms with Crippen molar-refractivity contribution in [1.82, 2.24) is 10.2 Å². The monoisotopic (exact) mass is 707 g/mol. The third-order valence-corrected chi connectivity index (χ3v) is 18.2. The van der Waals surface area contributed by atoms with E-state index in [-0.39, 0.29) is 44.7 Å². The van der Waals surface area contributed by atoms with Gasteiger partial charge in [-0.1, -0.05) is 58.0 Å². The number of carbonyl (C=O) groups is 1. The third kappa shape index (κ3) is 5.48. The Kier molecular flexibility index (Phi) is 9.07. The molecule has 1 saturated heterocycles. The van der Waals surface area contributed by atoms with Crippen molar-refractivity contribution in [3.8, 4) is 0 Å². The summed E-state index contributed by atoms with van der Waals surface area (Å²) in [6.07, 6.45) is 12.9. The van der Waals surface area contributed by atoms with Crippen LogP contribution in [0.1, 0.15) is 115 Å². The quantitative estimate of drug-likeness (QED) is 0.266. The van der Waals surface area contributed by atoms with E-state index < -0.39 is 15.8 Å². The molecule has 5 aliphatic carbocycles. The number of benzene rings is 1. The number of sulfone groups is 1. The van der Waals surface area contributed by atoms with Crippen molar-refractivity contribution in [3.05, 3.63) is 46.4 Å². The number of fused-ring (bicyclic) bond motifs is 7. The number of nitrogens with one attached hydrogen (secondary N) is 1. The Balaban J connectivity index is 1.15. The van der Waals surface area contributed by atoms with Crippen molar-refractivity contribution >= 4 is 21.4 Å². The molecular formula is C41H61N3O5S. The van der Waals surface area contributed by atoms with Gasteiger partial charge in [0.1, 0.15) is 0 Å². The summed E-state index contributed by atoms with van der Waals surface area (Å²) in [4.78, 5) is 26.0. The Morgan fingerprint density at radius 1 is 0.940 bits per heavy atom. The Labute approximate surface area is 300 Å². The molecule has 1 aromatic rings. The van der Waals surface area contributed by atoms with E-state index >= 15 is 0 Å². The minimum Gasteiger partial charge on any atom is -0.478 e. The van der Waals surface area contributed by atoms with Crippen LogP contribution >= 0.6 is 0 Å². The Hall–Kier alpha value is -2.10. The van der Waals surface area contributed by atoms with Crippen LogP contribution in [0.15, 0.2) is 35.5 Å². The van der Waals surface area contributed by atoms with Crippen molar-refractivity contribution in [3.63, 3.8) is 0 Å². The lowest BCUT2D eigenvalue weighted by atomic mass is 9.33. The highest BCUT2D eigenvalue weighted by molar-refractivity contribution is 7.91. The summed E-state index contributed by atoms with van der Waals surface area (Å²) in [5.41, 5.74) is 3.39. The number of hydrogen-bond acceptors (Lipinski definition) is 7. The van der Waals surface area contributed by atoms with Crippen molar-refractivity contribution in [2.75, 3.05) is 37.7 Å². The van der Waals surface area contributed by atoms with Gasteiger partial charge >= 0.3 is 5.97 Å². The fraction of sp³-hybridized carbons (Fsp3) is 0.780. The molecule has 1 aromatic carbocycles. The predicted molar refractivity (Wildman–Crippen MR) is 200 cm³/mol. The standard InChI is InChI=1S/C41H61N3O5S/c1-27(43-47)30-13-18-41(42-21-22-44-23-25-50(48,49)26-24-44)20-19-39(5)32(35(30)41)11-12-34-38(4)16-14-31(28-7-9-29(10-8-28)36(45)46)37(2,3)33(38)15-17-40(34,39)6/h7-10,14,27,30,32-35,42H,11-13,15-26H2,1-6H3,(H,45,46)/t27?,30-,32+,33-,34+,35+,38-,39+,40+,41-/m0/s1. The topological polar surface area (TPSA) is 116 Å². The first-order chi connectivity index (χ1) is 23.5. The maximum atomic E-state index is 12.2. The van der Waals surface area contributed by atoms with Crippen LogP contribution in [0.4, 0.5) is 0 Å². The second kappa shape index (κ2) is 12.5. The fourth-order valence-corrected chi connectivity index (χ4v) is 15.2. The van der Waals surface area contributed by atoms with Crippen molar-refractivity contribution in [2.45, 2.75) is 111 Å². The number of nitroso groups, excluding NO2 is 1. The van der Waals surface area contributed by atoms with Crippen molar-refractivity contribution in [2.24, 2.45) is 56.4 Å². The molecule has 0 amide bonds. The molecular weight excluding hydrogens is 647 g/mol.